The Morgan fingerprint density at radius 1 is 1.14 bits per heavy atom. The van der Waals surface area contributed by atoms with Gasteiger partial charge in [-0.1, -0.05) is 12.1 Å². The first-order valence-electron chi connectivity index (χ1n) is 9.19. The molecular weight excluding hydrogens is 374 g/mol. The molecule has 3 rings (SSSR count). The number of aromatic nitrogens is 1. The topological polar surface area (TPSA) is 118 Å². The van der Waals surface area contributed by atoms with Gasteiger partial charge in [0.15, 0.2) is 0 Å². The molecule has 0 radical (unpaired) electrons. The molecule has 3 amide bonds. The minimum Gasteiger partial charge on any atom is -0.481 e. The average molecular weight is 397 g/mol. The third-order valence-electron chi connectivity index (χ3n) is 4.65. The summed E-state index contributed by atoms with van der Waals surface area (Å²) < 4.78 is 5.08. The van der Waals surface area contributed by atoms with E-state index in [-0.39, 0.29) is 18.2 Å². The standard InChI is InChI=1S/C20H23N5O4/c1-29-18-12-14(6-7-22-18)23-20(28)15-4-2-3-5-16(15)24-8-10-25(11-9-24)19(27)13-17(21)26/h2-7,12H,8-11,13H2,1H3,(H2,21,26)(H,22,23,28). The third kappa shape index (κ3) is 5.01. The highest BCUT2D eigenvalue weighted by Gasteiger charge is 2.24. The predicted octanol–water partition coefficient (Wildman–Crippen LogP) is 0.866. The lowest BCUT2D eigenvalue weighted by atomic mass is 10.1. The zero-order valence-electron chi connectivity index (χ0n) is 16.1. The van der Waals surface area contributed by atoms with E-state index >= 15 is 0 Å². The molecule has 1 saturated heterocycles. The highest BCUT2D eigenvalue weighted by Crippen LogP contribution is 2.24. The molecule has 1 aliphatic rings. The zero-order chi connectivity index (χ0) is 20.8. The van der Waals surface area contributed by atoms with Gasteiger partial charge in [0.2, 0.25) is 17.7 Å². The molecule has 9 nitrogen and oxygen atoms in total. The first-order chi connectivity index (χ1) is 14.0. The highest BCUT2D eigenvalue weighted by molar-refractivity contribution is 6.08. The third-order valence-corrected chi connectivity index (χ3v) is 4.65. The van der Waals surface area contributed by atoms with Gasteiger partial charge in [-0.15, -0.1) is 0 Å². The first kappa shape index (κ1) is 20.1. The maximum Gasteiger partial charge on any atom is 0.257 e. The lowest BCUT2D eigenvalue weighted by Crippen LogP contribution is -2.49. The van der Waals surface area contributed by atoms with Crippen molar-refractivity contribution < 1.29 is 19.1 Å². The number of rotatable bonds is 6. The molecule has 0 spiro atoms. The molecule has 0 bridgehead atoms. The lowest BCUT2D eigenvalue weighted by molar-refractivity contribution is -0.135. The SMILES string of the molecule is COc1cc(NC(=O)c2ccccc2N2CCN(C(=O)CC(N)=O)CC2)ccn1. The van der Waals surface area contributed by atoms with Crippen LogP contribution >= 0.6 is 0 Å². The maximum absolute atomic E-state index is 12.9. The summed E-state index contributed by atoms with van der Waals surface area (Å²) in [6.45, 7) is 2.03. The summed E-state index contributed by atoms with van der Waals surface area (Å²) in [4.78, 5) is 43.5. The smallest absolute Gasteiger partial charge is 0.257 e. The number of ether oxygens (including phenoxy) is 1. The number of benzene rings is 1. The van der Waals surface area contributed by atoms with Crippen molar-refractivity contribution in [2.75, 3.05) is 43.5 Å². The number of carbonyl (C=O) groups excluding carboxylic acids is 3. The summed E-state index contributed by atoms with van der Waals surface area (Å²) in [6.07, 6.45) is 1.27. The Labute approximate surface area is 168 Å². The molecule has 29 heavy (non-hydrogen) atoms. The molecule has 152 valence electrons. The van der Waals surface area contributed by atoms with Crippen molar-refractivity contribution in [2.24, 2.45) is 5.73 Å². The Morgan fingerprint density at radius 3 is 2.55 bits per heavy atom. The average Bonchev–Trinajstić information content (AvgIpc) is 2.73. The number of carbonyl (C=O) groups is 3. The normalized spacial score (nSPS) is 13.7. The zero-order valence-corrected chi connectivity index (χ0v) is 16.1. The summed E-state index contributed by atoms with van der Waals surface area (Å²) in [5.74, 6) is -0.740. The fourth-order valence-electron chi connectivity index (χ4n) is 3.20. The largest absolute Gasteiger partial charge is 0.481 e. The van der Waals surface area contributed by atoms with E-state index in [1.165, 1.54) is 7.11 Å². The van der Waals surface area contributed by atoms with E-state index in [1.807, 2.05) is 12.1 Å². The van der Waals surface area contributed by atoms with Crippen LogP contribution in [0.4, 0.5) is 11.4 Å². The Hall–Kier alpha value is -3.62. The fraction of sp³-hybridized carbons (Fsp3) is 0.300. The minimum atomic E-state index is -0.632. The number of anilines is 2. The van der Waals surface area contributed by atoms with Gasteiger partial charge < -0.3 is 25.6 Å². The molecule has 1 aromatic carbocycles. The van der Waals surface area contributed by atoms with Crippen molar-refractivity contribution in [2.45, 2.75) is 6.42 Å². The van der Waals surface area contributed by atoms with Crippen LogP contribution in [0.2, 0.25) is 0 Å². The van der Waals surface area contributed by atoms with E-state index in [9.17, 15) is 14.4 Å². The summed E-state index contributed by atoms with van der Waals surface area (Å²) in [7, 11) is 1.51. The van der Waals surface area contributed by atoms with Crippen molar-refractivity contribution >= 4 is 29.1 Å². The second-order valence-corrected chi connectivity index (χ2v) is 6.57. The highest BCUT2D eigenvalue weighted by atomic mass is 16.5. The molecule has 1 aliphatic heterocycles. The van der Waals surface area contributed by atoms with Gasteiger partial charge in [-0.05, 0) is 18.2 Å². The molecule has 2 aromatic rings. The number of nitrogens with zero attached hydrogens (tertiary/aromatic N) is 3. The van der Waals surface area contributed by atoms with Crippen molar-refractivity contribution in [1.82, 2.24) is 9.88 Å². The van der Waals surface area contributed by atoms with E-state index in [1.54, 1.807) is 35.4 Å². The van der Waals surface area contributed by atoms with Crippen LogP contribution in [0.15, 0.2) is 42.6 Å². The quantitative estimate of drug-likeness (QED) is 0.699. The number of primary amides is 1. The summed E-state index contributed by atoms with van der Waals surface area (Å²) in [6, 6.07) is 10.6. The Morgan fingerprint density at radius 2 is 1.86 bits per heavy atom. The van der Waals surface area contributed by atoms with E-state index < -0.39 is 5.91 Å². The molecular formula is C20H23N5O4. The van der Waals surface area contributed by atoms with Gasteiger partial charge in [-0.3, -0.25) is 14.4 Å². The summed E-state index contributed by atoms with van der Waals surface area (Å²) >= 11 is 0. The second-order valence-electron chi connectivity index (χ2n) is 6.57. The summed E-state index contributed by atoms with van der Waals surface area (Å²) in [5.41, 5.74) is 7.00. The van der Waals surface area contributed by atoms with E-state index in [2.05, 4.69) is 15.2 Å². The molecule has 3 N–H and O–H groups in total. The van der Waals surface area contributed by atoms with Gasteiger partial charge in [0.1, 0.15) is 6.42 Å². The molecule has 2 heterocycles. The first-order valence-corrected chi connectivity index (χ1v) is 9.19. The lowest BCUT2D eigenvalue weighted by Gasteiger charge is -2.36. The predicted molar refractivity (Wildman–Crippen MR) is 108 cm³/mol. The molecule has 0 atom stereocenters. The number of hydrogen-bond acceptors (Lipinski definition) is 6. The van der Waals surface area contributed by atoms with Gasteiger partial charge >= 0.3 is 0 Å². The summed E-state index contributed by atoms with van der Waals surface area (Å²) in [5, 5.41) is 2.86. The van der Waals surface area contributed by atoms with Crippen molar-refractivity contribution in [1.29, 1.82) is 0 Å². The van der Waals surface area contributed by atoms with Crippen LogP contribution in [0.3, 0.4) is 0 Å². The van der Waals surface area contributed by atoms with Crippen molar-refractivity contribution in [3.05, 3.63) is 48.2 Å². The molecule has 1 aromatic heterocycles. The fourth-order valence-corrected chi connectivity index (χ4v) is 3.20. The Balaban J connectivity index is 1.70. The molecule has 1 fully saturated rings. The van der Waals surface area contributed by atoms with Crippen LogP contribution in [-0.4, -0.2) is 60.9 Å². The van der Waals surface area contributed by atoms with Gasteiger partial charge in [0.25, 0.3) is 5.91 Å². The minimum absolute atomic E-state index is 0.249. The second kappa shape index (κ2) is 9.05. The number of amides is 3. The van der Waals surface area contributed by atoms with Crippen LogP contribution in [-0.2, 0) is 9.59 Å². The number of nitrogens with one attached hydrogen (secondary N) is 1. The van der Waals surface area contributed by atoms with Gasteiger partial charge in [0.05, 0.1) is 12.7 Å². The number of para-hydroxylation sites is 1. The number of methoxy groups -OCH3 is 1. The number of piperazine rings is 1. The van der Waals surface area contributed by atoms with Crippen LogP contribution in [0.5, 0.6) is 5.88 Å². The maximum atomic E-state index is 12.9. The van der Waals surface area contributed by atoms with E-state index in [0.717, 1.165) is 5.69 Å². The number of hydrogen-bond donors (Lipinski definition) is 2. The van der Waals surface area contributed by atoms with Gasteiger partial charge in [0, 0.05) is 49.8 Å². The van der Waals surface area contributed by atoms with Gasteiger partial charge in [-0.2, -0.15) is 0 Å². The molecule has 0 aliphatic carbocycles. The Kier molecular flexibility index (Phi) is 6.28. The molecule has 9 heteroatoms. The monoisotopic (exact) mass is 397 g/mol. The van der Waals surface area contributed by atoms with E-state index in [4.69, 9.17) is 10.5 Å². The van der Waals surface area contributed by atoms with Crippen LogP contribution in [0, 0.1) is 0 Å². The van der Waals surface area contributed by atoms with Crippen molar-refractivity contribution in [3.63, 3.8) is 0 Å². The molecule has 0 unspecified atom stereocenters. The van der Waals surface area contributed by atoms with E-state index in [0.29, 0.717) is 43.3 Å². The van der Waals surface area contributed by atoms with Crippen LogP contribution in [0.25, 0.3) is 0 Å². The van der Waals surface area contributed by atoms with Gasteiger partial charge in [-0.25, -0.2) is 4.98 Å². The number of nitrogens with two attached hydrogens (primary N) is 1. The van der Waals surface area contributed by atoms with Crippen LogP contribution in [0.1, 0.15) is 16.8 Å². The van der Waals surface area contributed by atoms with Crippen molar-refractivity contribution in [3.8, 4) is 5.88 Å². The van der Waals surface area contributed by atoms with Crippen LogP contribution < -0.4 is 20.7 Å². The Bertz CT molecular complexity index is 909. The number of pyridine rings is 1. The molecule has 0 saturated carbocycles.